The molecule has 4 nitrogen and oxygen atoms in total. The third kappa shape index (κ3) is 4.35. The van der Waals surface area contributed by atoms with E-state index >= 15 is 0 Å². The van der Waals surface area contributed by atoms with E-state index in [4.69, 9.17) is 23.2 Å². The van der Waals surface area contributed by atoms with Gasteiger partial charge in [-0.1, -0.05) is 47.5 Å². The molecule has 0 bridgehead atoms. The van der Waals surface area contributed by atoms with Gasteiger partial charge in [-0.15, -0.1) is 0 Å². The summed E-state index contributed by atoms with van der Waals surface area (Å²) in [6.07, 6.45) is 0. The molecule has 1 aliphatic rings. The van der Waals surface area contributed by atoms with Crippen molar-refractivity contribution in [1.29, 1.82) is 0 Å². The molecular weight excluding hydrogens is 419 g/mol. The Bertz CT molecular complexity index is 1070. The first kappa shape index (κ1) is 20.5. The van der Waals surface area contributed by atoms with Gasteiger partial charge in [0.1, 0.15) is 0 Å². The molecule has 0 radical (unpaired) electrons. The van der Waals surface area contributed by atoms with Gasteiger partial charge in [0.05, 0.1) is 5.56 Å². The minimum Gasteiger partial charge on any atom is -0.368 e. The summed E-state index contributed by atoms with van der Waals surface area (Å²) in [5, 5.41) is 1.26. The van der Waals surface area contributed by atoms with Crippen LogP contribution < -0.4 is 4.90 Å². The van der Waals surface area contributed by atoms with Gasteiger partial charge in [-0.25, -0.2) is 0 Å². The van der Waals surface area contributed by atoms with Gasteiger partial charge in [0.25, 0.3) is 5.91 Å². The van der Waals surface area contributed by atoms with Crippen LogP contribution in [0, 0.1) is 0 Å². The van der Waals surface area contributed by atoms with E-state index in [1.165, 1.54) is 0 Å². The second kappa shape index (κ2) is 8.90. The first-order valence-corrected chi connectivity index (χ1v) is 10.5. The van der Waals surface area contributed by atoms with Crippen LogP contribution in [0.3, 0.4) is 0 Å². The van der Waals surface area contributed by atoms with E-state index in [0.717, 1.165) is 5.69 Å². The van der Waals surface area contributed by atoms with Gasteiger partial charge in [-0.3, -0.25) is 9.59 Å². The number of benzene rings is 3. The number of rotatable bonds is 4. The fourth-order valence-corrected chi connectivity index (χ4v) is 3.95. The van der Waals surface area contributed by atoms with Gasteiger partial charge in [-0.2, -0.15) is 0 Å². The number of carbonyl (C=O) groups excluding carboxylic acids is 2. The maximum Gasteiger partial charge on any atom is 0.254 e. The van der Waals surface area contributed by atoms with Crippen molar-refractivity contribution in [2.75, 3.05) is 31.1 Å². The lowest BCUT2D eigenvalue weighted by Crippen LogP contribution is -2.49. The molecule has 1 amide bonds. The Balaban J connectivity index is 1.51. The highest BCUT2D eigenvalue weighted by Gasteiger charge is 2.26. The fourth-order valence-electron chi connectivity index (χ4n) is 3.64. The maximum atomic E-state index is 13.2. The lowest BCUT2D eigenvalue weighted by Gasteiger charge is -2.36. The first-order chi connectivity index (χ1) is 14.5. The predicted molar refractivity (Wildman–Crippen MR) is 121 cm³/mol. The van der Waals surface area contributed by atoms with Crippen molar-refractivity contribution < 1.29 is 9.59 Å². The smallest absolute Gasteiger partial charge is 0.254 e. The van der Waals surface area contributed by atoms with E-state index in [2.05, 4.69) is 4.90 Å². The number of ketones is 1. The minimum absolute atomic E-state index is 0.126. The standard InChI is InChI=1S/C24H20Cl2N2O2/c25-18-10-8-17(9-11-18)23(29)21-6-1-2-7-22(21)24(30)28-14-12-27(13-15-28)20-5-3-4-19(26)16-20/h1-11,16H,12-15H2. The zero-order valence-electron chi connectivity index (χ0n) is 16.2. The van der Waals surface area contributed by atoms with Crippen molar-refractivity contribution in [3.05, 3.63) is 99.5 Å². The molecule has 30 heavy (non-hydrogen) atoms. The Hall–Kier alpha value is -2.82. The van der Waals surface area contributed by atoms with Crippen LogP contribution in [0.4, 0.5) is 5.69 Å². The molecule has 1 aliphatic heterocycles. The van der Waals surface area contributed by atoms with Crippen LogP contribution >= 0.6 is 23.2 Å². The van der Waals surface area contributed by atoms with E-state index < -0.39 is 0 Å². The van der Waals surface area contributed by atoms with Crippen LogP contribution in [-0.2, 0) is 0 Å². The Kier molecular flexibility index (Phi) is 6.07. The molecule has 6 heteroatoms. The van der Waals surface area contributed by atoms with E-state index in [-0.39, 0.29) is 11.7 Å². The van der Waals surface area contributed by atoms with Crippen LogP contribution in [0.15, 0.2) is 72.8 Å². The minimum atomic E-state index is -0.187. The molecule has 0 atom stereocenters. The number of hydrogen-bond donors (Lipinski definition) is 0. The van der Waals surface area contributed by atoms with Crippen molar-refractivity contribution in [2.45, 2.75) is 0 Å². The van der Waals surface area contributed by atoms with E-state index in [1.54, 1.807) is 53.4 Å². The number of piperazine rings is 1. The summed E-state index contributed by atoms with van der Waals surface area (Å²) in [5.41, 5.74) is 2.38. The number of amides is 1. The topological polar surface area (TPSA) is 40.6 Å². The molecule has 1 heterocycles. The van der Waals surface area contributed by atoms with Crippen LogP contribution in [0.25, 0.3) is 0 Å². The summed E-state index contributed by atoms with van der Waals surface area (Å²) >= 11 is 12.0. The average molecular weight is 439 g/mol. The molecule has 0 unspecified atom stereocenters. The van der Waals surface area contributed by atoms with E-state index in [1.807, 2.05) is 24.3 Å². The molecule has 1 saturated heterocycles. The first-order valence-electron chi connectivity index (χ1n) is 9.72. The molecule has 0 aromatic heterocycles. The third-order valence-electron chi connectivity index (χ3n) is 5.25. The van der Waals surface area contributed by atoms with Crippen molar-refractivity contribution in [2.24, 2.45) is 0 Å². The van der Waals surface area contributed by atoms with Crippen molar-refractivity contribution >= 4 is 40.6 Å². The molecule has 3 aromatic rings. The van der Waals surface area contributed by atoms with Crippen molar-refractivity contribution in [3.63, 3.8) is 0 Å². The van der Waals surface area contributed by atoms with Crippen molar-refractivity contribution in [3.8, 4) is 0 Å². The quantitative estimate of drug-likeness (QED) is 0.526. The second-order valence-corrected chi connectivity index (χ2v) is 8.01. The summed E-state index contributed by atoms with van der Waals surface area (Å²) in [7, 11) is 0. The highest BCUT2D eigenvalue weighted by molar-refractivity contribution is 6.31. The summed E-state index contributed by atoms with van der Waals surface area (Å²) in [4.78, 5) is 30.2. The van der Waals surface area contributed by atoms with Gasteiger partial charge in [0.15, 0.2) is 5.78 Å². The zero-order chi connectivity index (χ0) is 21.1. The Morgan fingerprint density at radius 2 is 1.37 bits per heavy atom. The van der Waals surface area contributed by atoms with Gasteiger partial charge < -0.3 is 9.80 Å². The highest BCUT2D eigenvalue weighted by Crippen LogP contribution is 2.23. The highest BCUT2D eigenvalue weighted by atomic mass is 35.5. The molecule has 3 aromatic carbocycles. The number of carbonyl (C=O) groups is 2. The molecule has 0 spiro atoms. The second-order valence-electron chi connectivity index (χ2n) is 7.14. The van der Waals surface area contributed by atoms with Crippen LogP contribution in [0.2, 0.25) is 10.0 Å². The Morgan fingerprint density at radius 1 is 0.700 bits per heavy atom. The van der Waals surface area contributed by atoms with Gasteiger partial charge >= 0.3 is 0 Å². The molecule has 0 N–H and O–H groups in total. The molecular formula is C24H20Cl2N2O2. The van der Waals surface area contributed by atoms with E-state index in [0.29, 0.717) is 52.9 Å². The summed E-state index contributed by atoms with van der Waals surface area (Å²) in [5.74, 6) is -0.313. The predicted octanol–water partition coefficient (Wildman–Crippen LogP) is 5.19. The van der Waals surface area contributed by atoms with Gasteiger partial charge in [0.2, 0.25) is 0 Å². The normalized spacial score (nSPS) is 13.9. The zero-order valence-corrected chi connectivity index (χ0v) is 17.7. The molecule has 0 aliphatic carbocycles. The molecule has 1 fully saturated rings. The third-order valence-corrected chi connectivity index (χ3v) is 5.74. The van der Waals surface area contributed by atoms with Gasteiger partial charge in [0, 0.05) is 53.0 Å². The Morgan fingerprint density at radius 3 is 2.03 bits per heavy atom. The Labute approximate surface area is 185 Å². The average Bonchev–Trinajstić information content (AvgIpc) is 2.79. The summed E-state index contributed by atoms with van der Waals surface area (Å²) in [6, 6.07) is 21.4. The largest absolute Gasteiger partial charge is 0.368 e. The van der Waals surface area contributed by atoms with Crippen LogP contribution in [0.1, 0.15) is 26.3 Å². The maximum absolute atomic E-state index is 13.2. The van der Waals surface area contributed by atoms with Crippen molar-refractivity contribution in [1.82, 2.24) is 4.90 Å². The summed E-state index contributed by atoms with van der Waals surface area (Å²) in [6.45, 7) is 2.57. The molecule has 4 rings (SSSR count). The SMILES string of the molecule is O=C(c1ccc(Cl)cc1)c1ccccc1C(=O)N1CCN(c2cccc(Cl)c2)CC1. The molecule has 152 valence electrons. The summed E-state index contributed by atoms with van der Waals surface area (Å²) < 4.78 is 0. The number of halogens is 2. The number of hydrogen-bond acceptors (Lipinski definition) is 3. The fraction of sp³-hybridized carbons (Fsp3) is 0.167. The lowest BCUT2D eigenvalue weighted by atomic mass is 9.97. The molecule has 0 saturated carbocycles. The van der Waals surface area contributed by atoms with Gasteiger partial charge in [-0.05, 0) is 48.5 Å². The van der Waals surface area contributed by atoms with Crippen LogP contribution in [0.5, 0.6) is 0 Å². The monoisotopic (exact) mass is 438 g/mol. The lowest BCUT2D eigenvalue weighted by molar-refractivity contribution is 0.0742. The van der Waals surface area contributed by atoms with E-state index in [9.17, 15) is 9.59 Å². The van der Waals surface area contributed by atoms with Crippen LogP contribution in [-0.4, -0.2) is 42.8 Å². The number of anilines is 1. The number of nitrogens with zero attached hydrogens (tertiary/aromatic N) is 2.